The molecule has 1 amide bonds. The lowest BCUT2D eigenvalue weighted by Gasteiger charge is -2.19. The quantitative estimate of drug-likeness (QED) is 0.841. The third kappa shape index (κ3) is 3.17. The van der Waals surface area contributed by atoms with Gasteiger partial charge in [0.15, 0.2) is 5.69 Å². The summed E-state index contributed by atoms with van der Waals surface area (Å²) in [6.07, 6.45) is 0. The van der Waals surface area contributed by atoms with Crippen LogP contribution in [0.15, 0.2) is 34.9 Å². The van der Waals surface area contributed by atoms with Crippen LogP contribution in [0.1, 0.15) is 28.7 Å². The van der Waals surface area contributed by atoms with E-state index in [2.05, 4.69) is 5.16 Å². The first kappa shape index (κ1) is 14.1. The van der Waals surface area contributed by atoms with Crippen molar-refractivity contribution in [2.45, 2.75) is 20.4 Å². The van der Waals surface area contributed by atoms with Gasteiger partial charge in [0, 0.05) is 19.2 Å². The van der Waals surface area contributed by atoms with E-state index in [0.29, 0.717) is 24.5 Å². The average Bonchev–Trinajstić information content (AvgIpc) is 2.91. The standard InChI is InChI=1S/C15H18N2O3/c1-4-17(15(18)14-9-11(2)20-16-14)10-12-5-7-13(19-3)8-6-12/h5-9H,4,10H2,1-3H3. The smallest absolute Gasteiger partial charge is 0.276 e. The summed E-state index contributed by atoms with van der Waals surface area (Å²) in [4.78, 5) is 14.0. The Kier molecular flexibility index (Phi) is 4.40. The van der Waals surface area contributed by atoms with Crippen LogP contribution in [0.5, 0.6) is 5.75 Å². The van der Waals surface area contributed by atoms with Gasteiger partial charge >= 0.3 is 0 Å². The predicted octanol–water partition coefficient (Wildman–Crippen LogP) is 2.65. The molecule has 0 atom stereocenters. The molecule has 1 heterocycles. The highest BCUT2D eigenvalue weighted by atomic mass is 16.5. The Morgan fingerprint density at radius 1 is 1.35 bits per heavy atom. The second-order valence-electron chi connectivity index (χ2n) is 4.49. The maximum atomic E-state index is 12.3. The largest absolute Gasteiger partial charge is 0.497 e. The number of hydrogen-bond donors (Lipinski definition) is 0. The molecule has 0 saturated heterocycles. The van der Waals surface area contributed by atoms with E-state index >= 15 is 0 Å². The normalized spacial score (nSPS) is 10.3. The van der Waals surface area contributed by atoms with E-state index in [-0.39, 0.29) is 5.91 Å². The van der Waals surface area contributed by atoms with Crippen LogP contribution in [-0.2, 0) is 6.54 Å². The topological polar surface area (TPSA) is 55.6 Å². The first-order chi connectivity index (χ1) is 9.63. The summed E-state index contributed by atoms with van der Waals surface area (Å²) in [5.74, 6) is 1.31. The van der Waals surface area contributed by atoms with E-state index in [1.54, 1.807) is 25.0 Å². The molecule has 20 heavy (non-hydrogen) atoms. The van der Waals surface area contributed by atoms with Crippen LogP contribution < -0.4 is 4.74 Å². The second-order valence-corrected chi connectivity index (χ2v) is 4.49. The van der Waals surface area contributed by atoms with Crippen LogP contribution in [-0.4, -0.2) is 29.6 Å². The fourth-order valence-corrected chi connectivity index (χ4v) is 1.91. The number of carbonyl (C=O) groups excluding carboxylic acids is 1. The molecule has 1 aromatic carbocycles. The van der Waals surface area contributed by atoms with E-state index in [1.807, 2.05) is 31.2 Å². The Labute approximate surface area is 118 Å². The van der Waals surface area contributed by atoms with Gasteiger partial charge in [0.25, 0.3) is 5.91 Å². The number of aryl methyl sites for hydroxylation is 1. The monoisotopic (exact) mass is 274 g/mol. The maximum absolute atomic E-state index is 12.3. The van der Waals surface area contributed by atoms with Gasteiger partial charge in [-0.1, -0.05) is 17.3 Å². The maximum Gasteiger partial charge on any atom is 0.276 e. The summed E-state index contributed by atoms with van der Waals surface area (Å²) >= 11 is 0. The minimum absolute atomic E-state index is 0.125. The van der Waals surface area contributed by atoms with Crippen molar-refractivity contribution in [3.8, 4) is 5.75 Å². The van der Waals surface area contributed by atoms with Crippen LogP contribution in [0.4, 0.5) is 0 Å². The summed E-state index contributed by atoms with van der Waals surface area (Å²) < 4.78 is 10.1. The average molecular weight is 274 g/mol. The van der Waals surface area contributed by atoms with E-state index in [0.717, 1.165) is 11.3 Å². The van der Waals surface area contributed by atoms with Crippen molar-refractivity contribution in [1.29, 1.82) is 0 Å². The second kappa shape index (κ2) is 6.23. The highest BCUT2D eigenvalue weighted by Gasteiger charge is 2.18. The third-order valence-corrected chi connectivity index (χ3v) is 3.05. The van der Waals surface area contributed by atoms with Crippen LogP contribution in [0.2, 0.25) is 0 Å². The number of aromatic nitrogens is 1. The zero-order chi connectivity index (χ0) is 14.5. The molecule has 0 unspecified atom stereocenters. The summed E-state index contributed by atoms with van der Waals surface area (Å²) in [6, 6.07) is 9.31. The number of nitrogens with zero attached hydrogens (tertiary/aromatic N) is 2. The van der Waals surface area contributed by atoms with Gasteiger partial charge in [-0.05, 0) is 31.5 Å². The molecular formula is C15H18N2O3. The number of benzene rings is 1. The molecule has 0 saturated carbocycles. The number of ether oxygens (including phenoxy) is 1. The Balaban J connectivity index is 2.09. The van der Waals surface area contributed by atoms with Gasteiger partial charge in [-0.3, -0.25) is 4.79 Å². The molecule has 2 aromatic rings. The molecule has 0 bridgehead atoms. The summed E-state index contributed by atoms with van der Waals surface area (Å²) in [5.41, 5.74) is 1.39. The lowest BCUT2D eigenvalue weighted by atomic mass is 10.2. The van der Waals surface area contributed by atoms with Gasteiger partial charge in [0.2, 0.25) is 0 Å². The van der Waals surface area contributed by atoms with Gasteiger partial charge < -0.3 is 14.2 Å². The minimum Gasteiger partial charge on any atom is -0.497 e. The zero-order valence-corrected chi connectivity index (χ0v) is 11.9. The van der Waals surface area contributed by atoms with Crippen molar-refractivity contribution >= 4 is 5.91 Å². The fraction of sp³-hybridized carbons (Fsp3) is 0.333. The van der Waals surface area contributed by atoms with Crippen molar-refractivity contribution in [3.63, 3.8) is 0 Å². The summed E-state index contributed by atoms with van der Waals surface area (Å²) in [5, 5.41) is 3.77. The fourth-order valence-electron chi connectivity index (χ4n) is 1.91. The predicted molar refractivity (Wildman–Crippen MR) is 74.6 cm³/mol. The Morgan fingerprint density at radius 2 is 2.05 bits per heavy atom. The van der Waals surface area contributed by atoms with Crippen molar-refractivity contribution in [3.05, 3.63) is 47.3 Å². The van der Waals surface area contributed by atoms with Gasteiger partial charge in [0.05, 0.1) is 7.11 Å². The first-order valence-corrected chi connectivity index (χ1v) is 6.49. The SMILES string of the molecule is CCN(Cc1ccc(OC)cc1)C(=O)c1cc(C)on1. The molecule has 106 valence electrons. The number of carbonyl (C=O) groups is 1. The number of hydrogen-bond acceptors (Lipinski definition) is 4. The molecule has 0 aliphatic heterocycles. The molecule has 0 spiro atoms. The lowest BCUT2D eigenvalue weighted by Crippen LogP contribution is -2.30. The molecule has 5 nitrogen and oxygen atoms in total. The van der Waals surface area contributed by atoms with Crippen LogP contribution >= 0.6 is 0 Å². The Hall–Kier alpha value is -2.30. The van der Waals surface area contributed by atoms with Crippen LogP contribution in [0.25, 0.3) is 0 Å². The molecule has 0 aliphatic rings. The van der Waals surface area contributed by atoms with E-state index < -0.39 is 0 Å². The molecule has 1 aromatic heterocycles. The molecule has 0 radical (unpaired) electrons. The Morgan fingerprint density at radius 3 is 2.55 bits per heavy atom. The molecule has 2 rings (SSSR count). The van der Waals surface area contributed by atoms with Crippen molar-refractivity contribution in [1.82, 2.24) is 10.1 Å². The Bertz CT molecular complexity index is 575. The summed E-state index contributed by atoms with van der Waals surface area (Å²) in [7, 11) is 1.63. The molecule has 0 N–H and O–H groups in total. The van der Waals surface area contributed by atoms with Gasteiger partial charge in [-0.25, -0.2) is 0 Å². The highest BCUT2D eigenvalue weighted by Crippen LogP contribution is 2.14. The first-order valence-electron chi connectivity index (χ1n) is 6.49. The van der Waals surface area contributed by atoms with Crippen molar-refractivity contribution in [2.24, 2.45) is 0 Å². The van der Waals surface area contributed by atoms with Gasteiger partial charge in [0.1, 0.15) is 11.5 Å². The van der Waals surface area contributed by atoms with Crippen LogP contribution in [0.3, 0.4) is 0 Å². The lowest BCUT2D eigenvalue weighted by molar-refractivity contribution is 0.0742. The third-order valence-electron chi connectivity index (χ3n) is 3.05. The minimum atomic E-state index is -0.125. The van der Waals surface area contributed by atoms with E-state index in [9.17, 15) is 4.79 Å². The number of methoxy groups -OCH3 is 1. The molecule has 0 fully saturated rings. The number of rotatable bonds is 5. The van der Waals surface area contributed by atoms with E-state index in [1.165, 1.54) is 0 Å². The van der Waals surface area contributed by atoms with Gasteiger partial charge in [-0.2, -0.15) is 0 Å². The van der Waals surface area contributed by atoms with Gasteiger partial charge in [-0.15, -0.1) is 0 Å². The molecular weight excluding hydrogens is 256 g/mol. The molecule has 5 heteroatoms. The number of amides is 1. The van der Waals surface area contributed by atoms with Crippen molar-refractivity contribution in [2.75, 3.05) is 13.7 Å². The summed E-state index contributed by atoms with van der Waals surface area (Å²) in [6.45, 7) is 4.85. The molecule has 0 aliphatic carbocycles. The van der Waals surface area contributed by atoms with E-state index in [4.69, 9.17) is 9.26 Å². The van der Waals surface area contributed by atoms with Crippen LogP contribution in [0, 0.1) is 6.92 Å². The zero-order valence-electron chi connectivity index (χ0n) is 11.9. The highest BCUT2D eigenvalue weighted by molar-refractivity contribution is 5.92. The van der Waals surface area contributed by atoms with Crippen molar-refractivity contribution < 1.29 is 14.1 Å².